The average Bonchev–Trinajstić information content (AvgIpc) is 3.17. The zero-order chi connectivity index (χ0) is 14.4. The van der Waals surface area contributed by atoms with Crippen LogP contribution in [0.2, 0.25) is 0 Å². The SMILES string of the molecule is O=S(=O)(c1nnnn1-c1ccccc1)C(F)(F)C1CC1. The van der Waals surface area contributed by atoms with Crippen molar-refractivity contribution in [3.8, 4) is 5.69 Å². The van der Waals surface area contributed by atoms with Gasteiger partial charge in [-0.2, -0.15) is 13.5 Å². The second-order valence-electron chi connectivity index (χ2n) is 4.55. The van der Waals surface area contributed by atoms with E-state index in [0.29, 0.717) is 5.69 Å². The van der Waals surface area contributed by atoms with E-state index in [9.17, 15) is 17.2 Å². The van der Waals surface area contributed by atoms with Crippen LogP contribution in [0.1, 0.15) is 12.8 Å². The number of tetrazole rings is 1. The predicted molar refractivity (Wildman–Crippen MR) is 64.0 cm³/mol. The highest BCUT2D eigenvalue weighted by atomic mass is 32.2. The first-order valence-electron chi connectivity index (χ1n) is 5.91. The van der Waals surface area contributed by atoms with Gasteiger partial charge in [0, 0.05) is 5.92 Å². The van der Waals surface area contributed by atoms with Crippen molar-refractivity contribution in [1.29, 1.82) is 0 Å². The van der Waals surface area contributed by atoms with Crippen molar-refractivity contribution >= 4 is 9.84 Å². The van der Waals surface area contributed by atoms with Gasteiger partial charge in [0.2, 0.25) is 0 Å². The summed E-state index contributed by atoms with van der Waals surface area (Å²) in [5.41, 5.74) is 0.308. The first-order chi connectivity index (χ1) is 9.44. The van der Waals surface area contributed by atoms with Gasteiger partial charge in [0.05, 0.1) is 5.69 Å². The Labute approximate surface area is 113 Å². The zero-order valence-corrected chi connectivity index (χ0v) is 11.0. The van der Waals surface area contributed by atoms with Crippen molar-refractivity contribution in [2.45, 2.75) is 23.3 Å². The lowest BCUT2D eigenvalue weighted by Gasteiger charge is -2.15. The Morgan fingerprint density at radius 1 is 1.20 bits per heavy atom. The average molecular weight is 300 g/mol. The molecular formula is C11H10F2N4O2S. The van der Waals surface area contributed by atoms with Crippen molar-refractivity contribution in [3.05, 3.63) is 30.3 Å². The van der Waals surface area contributed by atoms with Gasteiger partial charge in [-0.05, 0) is 35.4 Å². The fourth-order valence-corrected chi connectivity index (χ4v) is 3.27. The van der Waals surface area contributed by atoms with Crippen LogP contribution in [0.4, 0.5) is 8.78 Å². The minimum absolute atomic E-state index is 0.194. The molecule has 0 unspecified atom stereocenters. The Bertz CT molecular complexity index is 726. The minimum atomic E-state index is -4.92. The normalized spacial score (nSPS) is 16.3. The summed E-state index contributed by atoms with van der Waals surface area (Å²) in [6.45, 7) is 0. The van der Waals surface area contributed by atoms with Gasteiger partial charge < -0.3 is 0 Å². The van der Waals surface area contributed by atoms with Crippen LogP contribution in [0, 0.1) is 5.92 Å². The number of halogens is 2. The van der Waals surface area contributed by atoms with E-state index in [1.54, 1.807) is 18.2 Å². The Kier molecular flexibility index (Phi) is 2.82. The first-order valence-corrected chi connectivity index (χ1v) is 7.39. The Morgan fingerprint density at radius 2 is 1.85 bits per heavy atom. The molecule has 0 bridgehead atoms. The fraction of sp³-hybridized carbons (Fsp3) is 0.364. The third-order valence-electron chi connectivity index (χ3n) is 3.09. The number of hydrogen-bond acceptors (Lipinski definition) is 5. The maximum atomic E-state index is 13.9. The maximum Gasteiger partial charge on any atom is 0.356 e. The lowest BCUT2D eigenvalue weighted by atomic mass is 10.3. The van der Waals surface area contributed by atoms with Gasteiger partial charge in [-0.25, -0.2) is 8.42 Å². The van der Waals surface area contributed by atoms with Crippen LogP contribution in [0.15, 0.2) is 35.5 Å². The van der Waals surface area contributed by atoms with Crippen LogP contribution in [0.5, 0.6) is 0 Å². The molecule has 20 heavy (non-hydrogen) atoms. The van der Waals surface area contributed by atoms with Crippen molar-refractivity contribution in [2.75, 3.05) is 0 Å². The number of sulfone groups is 1. The number of benzene rings is 1. The molecule has 0 spiro atoms. The molecule has 0 atom stereocenters. The highest BCUT2D eigenvalue weighted by molar-refractivity contribution is 7.92. The van der Waals surface area contributed by atoms with Gasteiger partial charge in [-0.3, -0.25) is 0 Å². The molecule has 9 heteroatoms. The van der Waals surface area contributed by atoms with Crippen LogP contribution in [0.25, 0.3) is 5.69 Å². The van der Waals surface area contributed by atoms with Crippen LogP contribution < -0.4 is 0 Å². The standard InChI is InChI=1S/C11H10F2N4O2S/c12-11(13,8-6-7-8)20(18,19)10-14-15-16-17(10)9-4-2-1-3-5-9/h1-5,8H,6-7H2. The second kappa shape index (κ2) is 4.30. The van der Waals surface area contributed by atoms with E-state index >= 15 is 0 Å². The summed E-state index contributed by atoms with van der Waals surface area (Å²) in [6.07, 6.45) is 0.387. The summed E-state index contributed by atoms with van der Waals surface area (Å²) >= 11 is 0. The molecule has 0 amide bonds. The van der Waals surface area contributed by atoms with E-state index < -0.39 is 26.2 Å². The molecule has 0 saturated heterocycles. The van der Waals surface area contributed by atoms with E-state index in [0.717, 1.165) is 4.68 Å². The summed E-state index contributed by atoms with van der Waals surface area (Å²) in [7, 11) is -4.92. The molecule has 1 saturated carbocycles. The van der Waals surface area contributed by atoms with Crippen LogP contribution in [-0.2, 0) is 9.84 Å². The number of para-hydroxylation sites is 1. The molecule has 1 fully saturated rings. The Morgan fingerprint density at radius 3 is 2.45 bits per heavy atom. The van der Waals surface area contributed by atoms with Gasteiger partial charge in [-0.15, -0.1) is 0 Å². The number of aromatic nitrogens is 4. The third-order valence-corrected chi connectivity index (χ3v) is 4.88. The van der Waals surface area contributed by atoms with Gasteiger partial charge >= 0.3 is 5.25 Å². The van der Waals surface area contributed by atoms with Crippen molar-refractivity contribution < 1.29 is 17.2 Å². The van der Waals surface area contributed by atoms with E-state index in [4.69, 9.17) is 0 Å². The molecule has 3 rings (SSSR count). The lowest BCUT2D eigenvalue weighted by molar-refractivity contribution is 0.0666. The molecule has 0 aliphatic heterocycles. The summed E-state index contributed by atoms with van der Waals surface area (Å²) in [4.78, 5) is 0. The van der Waals surface area contributed by atoms with Crippen molar-refractivity contribution in [1.82, 2.24) is 20.2 Å². The fourth-order valence-electron chi connectivity index (χ4n) is 1.84. The highest BCUT2D eigenvalue weighted by Gasteiger charge is 2.59. The molecule has 1 aliphatic carbocycles. The second-order valence-corrected chi connectivity index (χ2v) is 6.46. The molecule has 6 nitrogen and oxygen atoms in total. The zero-order valence-electron chi connectivity index (χ0n) is 10.1. The van der Waals surface area contributed by atoms with Gasteiger partial charge in [-0.1, -0.05) is 23.3 Å². The van der Waals surface area contributed by atoms with Crippen LogP contribution in [0.3, 0.4) is 0 Å². The molecule has 1 aromatic carbocycles. The van der Waals surface area contributed by atoms with E-state index in [1.807, 2.05) is 0 Å². The lowest BCUT2D eigenvalue weighted by Crippen LogP contribution is -2.33. The van der Waals surface area contributed by atoms with E-state index in [1.165, 1.54) is 12.1 Å². The van der Waals surface area contributed by atoms with Crippen molar-refractivity contribution in [3.63, 3.8) is 0 Å². The minimum Gasteiger partial charge on any atom is -0.214 e. The third kappa shape index (κ3) is 1.89. The summed E-state index contributed by atoms with van der Waals surface area (Å²) < 4.78 is 52.9. The molecule has 1 aliphatic rings. The summed E-state index contributed by atoms with van der Waals surface area (Å²) in [6, 6.07) is 8.04. The van der Waals surface area contributed by atoms with Crippen LogP contribution >= 0.6 is 0 Å². The molecule has 0 N–H and O–H groups in total. The van der Waals surface area contributed by atoms with Gasteiger partial charge in [0.25, 0.3) is 15.0 Å². The quantitative estimate of drug-likeness (QED) is 0.853. The molecule has 106 valence electrons. The van der Waals surface area contributed by atoms with Gasteiger partial charge in [0.1, 0.15) is 0 Å². The molecule has 0 radical (unpaired) electrons. The summed E-state index contributed by atoms with van der Waals surface area (Å²) in [5, 5.41) is 5.30. The topological polar surface area (TPSA) is 77.7 Å². The molecule has 1 aromatic heterocycles. The Hall–Kier alpha value is -1.90. The van der Waals surface area contributed by atoms with Crippen LogP contribution in [-0.4, -0.2) is 33.9 Å². The van der Waals surface area contributed by atoms with E-state index in [2.05, 4.69) is 15.5 Å². The first kappa shape index (κ1) is 13.1. The number of nitrogens with zero attached hydrogens (tertiary/aromatic N) is 4. The summed E-state index contributed by atoms with van der Waals surface area (Å²) in [5.74, 6) is -1.14. The highest BCUT2D eigenvalue weighted by Crippen LogP contribution is 2.48. The number of rotatable bonds is 4. The predicted octanol–water partition coefficient (Wildman–Crippen LogP) is 1.44. The maximum absolute atomic E-state index is 13.9. The van der Waals surface area contributed by atoms with Crippen molar-refractivity contribution in [2.24, 2.45) is 5.92 Å². The van der Waals surface area contributed by atoms with E-state index in [-0.39, 0.29) is 12.8 Å². The number of hydrogen-bond donors (Lipinski definition) is 0. The smallest absolute Gasteiger partial charge is 0.214 e. The largest absolute Gasteiger partial charge is 0.356 e. The molecular weight excluding hydrogens is 290 g/mol. The monoisotopic (exact) mass is 300 g/mol. The number of alkyl halides is 2. The molecule has 1 heterocycles. The van der Waals surface area contributed by atoms with Gasteiger partial charge in [0.15, 0.2) is 0 Å². The Balaban J connectivity index is 2.10. The molecule has 2 aromatic rings.